The SMILES string of the molecule is Cc1nnc2c(NCCCCCC(=O)Cc3ccc(F)cc3)nc3ccccc3n12. The number of anilines is 1. The first-order chi connectivity index (χ1) is 14.6. The number of hydrogen-bond donors (Lipinski definition) is 1. The van der Waals surface area contributed by atoms with E-state index in [4.69, 9.17) is 4.98 Å². The third-order valence-electron chi connectivity index (χ3n) is 5.13. The molecule has 1 N–H and O–H groups in total. The van der Waals surface area contributed by atoms with Gasteiger partial charge in [-0.3, -0.25) is 9.20 Å². The molecule has 0 atom stereocenters. The van der Waals surface area contributed by atoms with E-state index in [-0.39, 0.29) is 11.6 Å². The number of nitrogens with one attached hydrogen (secondary N) is 1. The number of para-hydroxylation sites is 2. The molecule has 2 aromatic heterocycles. The minimum Gasteiger partial charge on any atom is -0.367 e. The highest BCUT2D eigenvalue weighted by atomic mass is 19.1. The van der Waals surface area contributed by atoms with Gasteiger partial charge in [0.2, 0.25) is 5.65 Å². The second kappa shape index (κ2) is 8.98. The molecule has 0 aliphatic carbocycles. The molecule has 0 saturated carbocycles. The van der Waals surface area contributed by atoms with Crippen molar-refractivity contribution in [1.82, 2.24) is 19.6 Å². The summed E-state index contributed by atoms with van der Waals surface area (Å²) in [5, 5.41) is 11.8. The molecule has 7 heteroatoms. The van der Waals surface area contributed by atoms with Gasteiger partial charge in [-0.05, 0) is 49.6 Å². The Bertz CT molecular complexity index is 1170. The summed E-state index contributed by atoms with van der Waals surface area (Å²) >= 11 is 0. The predicted molar refractivity (Wildman–Crippen MR) is 115 cm³/mol. The van der Waals surface area contributed by atoms with Gasteiger partial charge in [0.25, 0.3) is 0 Å². The fourth-order valence-corrected chi connectivity index (χ4v) is 3.59. The fourth-order valence-electron chi connectivity index (χ4n) is 3.59. The molecule has 0 saturated heterocycles. The highest BCUT2D eigenvalue weighted by molar-refractivity contribution is 5.83. The second-order valence-corrected chi connectivity index (χ2v) is 7.43. The molecule has 30 heavy (non-hydrogen) atoms. The van der Waals surface area contributed by atoms with Gasteiger partial charge in [-0.15, -0.1) is 10.2 Å². The molecule has 0 unspecified atom stereocenters. The van der Waals surface area contributed by atoms with Gasteiger partial charge in [0.1, 0.15) is 17.4 Å². The van der Waals surface area contributed by atoms with Gasteiger partial charge in [-0.1, -0.05) is 30.7 Å². The first kappa shape index (κ1) is 19.9. The van der Waals surface area contributed by atoms with Crippen LogP contribution in [0.25, 0.3) is 16.7 Å². The van der Waals surface area contributed by atoms with Crippen LogP contribution in [0.5, 0.6) is 0 Å². The topological polar surface area (TPSA) is 72.2 Å². The summed E-state index contributed by atoms with van der Waals surface area (Å²) in [4.78, 5) is 16.8. The lowest BCUT2D eigenvalue weighted by Crippen LogP contribution is -2.07. The Balaban J connectivity index is 1.27. The van der Waals surface area contributed by atoms with Crippen molar-refractivity contribution in [3.8, 4) is 0 Å². The van der Waals surface area contributed by atoms with Crippen LogP contribution in [0.15, 0.2) is 48.5 Å². The number of Topliss-reactive ketones (excluding diaryl/α,β-unsaturated/α-hetero) is 1. The summed E-state index contributed by atoms with van der Waals surface area (Å²) in [6, 6.07) is 14.1. The smallest absolute Gasteiger partial charge is 0.204 e. The van der Waals surface area contributed by atoms with Crippen molar-refractivity contribution in [2.45, 2.75) is 39.0 Å². The number of aryl methyl sites for hydroxylation is 1. The van der Waals surface area contributed by atoms with Gasteiger partial charge in [-0.25, -0.2) is 9.37 Å². The Labute approximate surface area is 174 Å². The van der Waals surface area contributed by atoms with E-state index in [1.165, 1.54) is 12.1 Å². The second-order valence-electron chi connectivity index (χ2n) is 7.43. The molecule has 0 amide bonds. The molecule has 6 nitrogen and oxygen atoms in total. The summed E-state index contributed by atoms with van der Waals surface area (Å²) in [5.41, 5.74) is 3.46. The van der Waals surface area contributed by atoms with Crippen LogP contribution >= 0.6 is 0 Å². The van der Waals surface area contributed by atoms with Crippen molar-refractivity contribution in [3.05, 3.63) is 65.7 Å². The van der Waals surface area contributed by atoms with E-state index in [1.807, 2.05) is 35.6 Å². The van der Waals surface area contributed by atoms with Crippen LogP contribution in [-0.2, 0) is 11.2 Å². The number of benzene rings is 2. The minimum atomic E-state index is -0.279. The molecule has 0 aliphatic rings. The van der Waals surface area contributed by atoms with Crippen LogP contribution in [0.3, 0.4) is 0 Å². The number of aromatic nitrogens is 4. The Morgan fingerprint density at radius 1 is 1.03 bits per heavy atom. The number of carbonyl (C=O) groups excluding carboxylic acids is 1. The molecule has 4 aromatic rings. The van der Waals surface area contributed by atoms with Gasteiger partial charge < -0.3 is 5.32 Å². The number of ketones is 1. The van der Waals surface area contributed by atoms with E-state index in [0.29, 0.717) is 12.8 Å². The summed E-state index contributed by atoms with van der Waals surface area (Å²) < 4.78 is 14.9. The molecule has 0 spiro atoms. The van der Waals surface area contributed by atoms with Crippen LogP contribution in [0, 0.1) is 12.7 Å². The summed E-state index contributed by atoms with van der Waals surface area (Å²) in [7, 11) is 0. The van der Waals surface area contributed by atoms with Gasteiger partial charge in [0, 0.05) is 19.4 Å². The predicted octanol–water partition coefficient (Wildman–Crippen LogP) is 4.51. The first-order valence-electron chi connectivity index (χ1n) is 10.2. The molecular weight excluding hydrogens is 381 g/mol. The maximum atomic E-state index is 12.9. The Morgan fingerprint density at radius 2 is 1.83 bits per heavy atom. The molecule has 0 aliphatic heterocycles. The third kappa shape index (κ3) is 4.45. The molecule has 2 aromatic carbocycles. The van der Waals surface area contributed by atoms with Crippen molar-refractivity contribution in [2.75, 3.05) is 11.9 Å². The van der Waals surface area contributed by atoms with Crippen LogP contribution in [-0.4, -0.2) is 31.9 Å². The normalized spacial score (nSPS) is 11.3. The highest BCUT2D eigenvalue weighted by Gasteiger charge is 2.12. The van der Waals surface area contributed by atoms with Gasteiger partial charge in [-0.2, -0.15) is 0 Å². The van der Waals surface area contributed by atoms with Crippen molar-refractivity contribution < 1.29 is 9.18 Å². The highest BCUT2D eigenvalue weighted by Crippen LogP contribution is 2.21. The van der Waals surface area contributed by atoms with Gasteiger partial charge >= 0.3 is 0 Å². The summed E-state index contributed by atoms with van der Waals surface area (Å²) in [5.74, 6) is 1.46. The zero-order valence-electron chi connectivity index (χ0n) is 16.9. The van der Waals surface area contributed by atoms with Gasteiger partial charge in [0.05, 0.1) is 11.0 Å². The third-order valence-corrected chi connectivity index (χ3v) is 5.13. The van der Waals surface area contributed by atoms with E-state index in [2.05, 4.69) is 15.5 Å². The lowest BCUT2D eigenvalue weighted by molar-refractivity contribution is -0.118. The number of unbranched alkanes of at least 4 members (excludes halogenated alkanes) is 2. The molecule has 2 heterocycles. The van der Waals surface area contributed by atoms with E-state index < -0.39 is 0 Å². The molecule has 154 valence electrons. The average molecular weight is 405 g/mol. The number of carbonyl (C=O) groups is 1. The van der Waals surface area contributed by atoms with Crippen LogP contribution in [0.1, 0.15) is 37.1 Å². The lowest BCUT2D eigenvalue weighted by atomic mass is 10.0. The number of hydrogen-bond acceptors (Lipinski definition) is 5. The quantitative estimate of drug-likeness (QED) is 0.415. The van der Waals surface area contributed by atoms with Crippen molar-refractivity contribution in [1.29, 1.82) is 0 Å². The van der Waals surface area contributed by atoms with Crippen molar-refractivity contribution in [2.24, 2.45) is 0 Å². The Kier molecular flexibility index (Phi) is 5.97. The van der Waals surface area contributed by atoms with Gasteiger partial charge in [0.15, 0.2) is 5.82 Å². The van der Waals surface area contributed by atoms with Crippen LogP contribution in [0.4, 0.5) is 10.2 Å². The van der Waals surface area contributed by atoms with E-state index >= 15 is 0 Å². The van der Waals surface area contributed by atoms with Crippen molar-refractivity contribution in [3.63, 3.8) is 0 Å². The van der Waals surface area contributed by atoms with Crippen LogP contribution in [0.2, 0.25) is 0 Å². The first-order valence-corrected chi connectivity index (χ1v) is 10.2. The standard InChI is InChI=1S/C23H24FN5O/c1-16-27-28-23-22(26-20-8-4-5-9-21(20)29(16)23)25-14-6-2-3-7-19(30)15-17-10-12-18(24)13-11-17/h4-5,8-13H,2-3,6-7,14-15H2,1H3,(H,25,26). The fraction of sp³-hybridized carbons (Fsp3) is 0.304. The zero-order valence-corrected chi connectivity index (χ0v) is 16.9. The monoisotopic (exact) mass is 405 g/mol. The van der Waals surface area contributed by atoms with E-state index in [9.17, 15) is 9.18 Å². The average Bonchev–Trinajstić information content (AvgIpc) is 3.14. The Hall–Kier alpha value is -3.35. The summed E-state index contributed by atoms with van der Waals surface area (Å²) in [6.45, 7) is 2.68. The molecule has 4 rings (SSSR count). The zero-order chi connectivity index (χ0) is 20.9. The largest absolute Gasteiger partial charge is 0.367 e. The molecule has 0 bridgehead atoms. The Morgan fingerprint density at radius 3 is 2.67 bits per heavy atom. The maximum Gasteiger partial charge on any atom is 0.204 e. The summed E-state index contributed by atoms with van der Waals surface area (Å²) in [6.07, 6.45) is 3.62. The molecule has 0 radical (unpaired) electrons. The van der Waals surface area contributed by atoms with Crippen molar-refractivity contribution >= 4 is 28.3 Å². The van der Waals surface area contributed by atoms with E-state index in [1.54, 1.807) is 12.1 Å². The number of fused-ring (bicyclic) bond motifs is 3. The number of nitrogens with zero attached hydrogens (tertiary/aromatic N) is 4. The van der Waals surface area contributed by atoms with E-state index in [0.717, 1.165) is 59.7 Å². The lowest BCUT2D eigenvalue weighted by Gasteiger charge is -2.09. The molecular formula is C23H24FN5O. The number of halogens is 1. The maximum absolute atomic E-state index is 12.9. The number of rotatable bonds is 9. The van der Waals surface area contributed by atoms with Crippen LogP contribution < -0.4 is 5.32 Å². The molecule has 0 fully saturated rings. The minimum absolute atomic E-state index is 0.186.